The Morgan fingerprint density at radius 1 is 1.17 bits per heavy atom. The van der Waals surface area contributed by atoms with Gasteiger partial charge in [0.15, 0.2) is 9.84 Å². The van der Waals surface area contributed by atoms with Crippen LogP contribution < -0.4 is 5.32 Å². The number of anilines is 1. The van der Waals surface area contributed by atoms with Crippen molar-refractivity contribution >= 4 is 21.4 Å². The standard InChI is InChI=1S/C17H20N2O3S/c1-3-11-23(21,22)14-8-9-15(13(4-2)12-14)19-17(20)16-7-5-6-10-18-16/h5-10,12H,3-4,11H2,1-2H3,(H,19,20). The zero-order valence-corrected chi connectivity index (χ0v) is 14.1. The highest BCUT2D eigenvalue weighted by Gasteiger charge is 2.16. The van der Waals surface area contributed by atoms with Crippen LogP contribution in [0.25, 0.3) is 0 Å². The largest absolute Gasteiger partial charge is 0.320 e. The fourth-order valence-electron chi connectivity index (χ4n) is 2.25. The monoisotopic (exact) mass is 332 g/mol. The number of sulfone groups is 1. The van der Waals surface area contributed by atoms with Crippen LogP contribution in [0.15, 0.2) is 47.5 Å². The number of hydrogen-bond donors (Lipinski definition) is 1. The topological polar surface area (TPSA) is 76.1 Å². The second-order valence-corrected chi connectivity index (χ2v) is 7.27. The molecule has 0 radical (unpaired) electrons. The Hall–Kier alpha value is -2.21. The zero-order valence-electron chi connectivity index (χ0n) is 13.2. The molecule has 0 saturated carbocycles. The van der Waals surface area contributed by atoms with Crippen LogP contribution in [0, 0.1) is 0 Å². The third-order valence-electron chi connectivity index (χ3n) is 3.44. The average molecular weight is 332 g/mol. The summed E-state index contributed by atoms with van der Waals surface area (Å²) in [7, 11) is -3.27. The summed E-state index contributed by atoms with van der Waals surface area (Å²) in [6, 6.07) is 9.92. The number of pyridine rings is 1. The van der Waals surface area contributed by atoms with E-state index in [0.717, 1.165) is 5.56 Å². The van der Waals surface area contributed by atoms with Gasteiger partial charge in [0.05, 0.1) is 10.6 Å². The molecule has 23 heavy (non-hydrogen) atoms. The molecule has 0 bridgehead atoms. The highest BCUT2D eigenvalue weighted by atomic mass is 32.2. The lowest BCUT2D eigenvalue weighted by molar-refractivity contribution is 0.102. The summed E-state index contributed by atoms with van der Waals surface area (Å²) in [5, 5.41) is 2.79. The molecule has 0 unspecified atom stereocenters. The van der Waals surface area contributed by atoms with Crippen LogP contribution in [0.2, 0.25) is 0 Å². The van der Waals surface area contributed by atoms with E-state index in [-0.39, 0.29) is 11.7 Å². The summed E-state index contributed by atoms with van der Waals surface area (Å²) < 4.78 is 24.3. The van der Waals surface area contributed by atoms with E-state index in [1.54, 1.807) is 36.5 Å². The average Bonchev–Trinajstić information content (AvgIpc) is 2.55. The molecule has 5 nitrogen and oxygen atoms in total. The molecular formula is C17H20N2O3S. The predicted molar refractivity (Wildman–Crippen MR) is 90.4 cm³/mol. The number of amides is 1. The van der Waals surface area contributed by atoms with Gasteiger partial charge in [-0.1, -0.05) is 19.9 Å². The number of nitrogens with one attached hydrogen (secondary N) is 1. The smallest absolute Gasteiger partial charge is 0.274 e. The van der Waals surface area contributed by atoms with Gasteiger partial charge in [-0.25, -0.2) is 8.42 Å². The Bertz CT molecular complexity index is 787. The molecule has 0 spiro atoms. The molecule has 1 heterocycles. The van der Waals surface area contributed by atoms with E-state index in [1.165, 1.54) is 6.07 Å². The van der Waals surface area contributed by atoms with Gasteiger partial charge in [-0.3, -0.25) is 9.78 Å². The van der Waals surface area contributed by atoms with Gasteiger partial charge in [-0.15, -0.1) is 0 Å². The van der Waals surface area contributed by atoms with Gasteiger partial charge in [-0.2, -0.15) is 0 Å². The molecular weight excluding hydrogens is 312 g/mol. The van der Waals surface area contributed by atoms with Crippen molar-refractivity contribution < 1.29 is 13.2 Å². The Labute approximate surface area is 136 Å². The highest BCUT2D eigenvalue weighted by Crippen LogP contribution is 2.22. The first-order valence-electron chi connectivity index (χ1n) is 7.56. The van der Waals surface area contributed by atoms with Gasteiger partial charge in [0, 0.05) is 11.9 Å². The fourth-order valence-corrected chi connectivity index (χ4v) is 3.62. The van der Waals surface area contributed by atoms with Crippen LogP contribution in [-0.4, -0.2) is 25.1 Å². The normalized spacial score (nSPS) is 11.2. The molecule has 122 valence electrons. The van der Waals surface area contributed by atoms with Crippen LogP contribution in [0.5, 0.6) is 0 Å². The number of nitrogens with zero attached hydrogens (tertiary/aromatic N) is 1. The van der Waals surface area contributed by atoms with Crippen molar-refractivity contribution in [3.8, 4) is 0 Å². The van der Waals surface area contributed by atoms with Gasteiger partial charge >= 0.3 is 0 Å². The maximum atomic E-state index is 12.2. The van der Waals surface area contributed by atoms with Gasteiger partial charge < -0.3 is 5.32 Å². The Kier molecular flexibility index (Phi) is 5.50. The second kappa shape index (κ2) is 7.37. The van der Waals surface area contributed by atoms with E-state index in [2.05, 4.69) is 10.3 Å². The minimum atomic E-state index is -3.27. The fraction of sp³-hybridized carbons (Fsp3) is 0.294. The molecule has 2 rings (SSSR count). The lowest BCUT2D eigenvalue weighted by Crippen LogP contribution is -2.15. The molecule has 0 atom stereocenters. The molecule has 0 aliphatic carbocycles. The van der Waals surface area contributed by atoms with Crippen LogP contribution in [0.4, 0.5) is 5.69 Å². The van der Waals surface area contributed by atoms with Crippen LogP contribution in [-0.2, 0) is 16.3 Å². The molecule has 6 heteroatoms. The molecule has 2 aromatic rings. The van der Waals surface area contributed by atoms with Gasteiger partial charge in [0.1, 0.15) is 5.69 Å². The van der Waals surface area contributed by atoms with Crippen LogP contribution in [0.3, 0.4) is 0 Å². The Balaban J connectivity index is 2.29. The van der Waals surface area contributed by atoms with E-state index in [9.17, 15) is 13.2 Å². The van der Waals surface area contributed by atoms with Crippen LogP contribution in [0.1, 0.15) is 36.3 Å². The summed E-state index contributed by atoms with van der Waals surface area (Å²) in [6.07, 6.45) is 2.74. The van der Waals surface area contributed by atoms with Gasteiger partial charge in [0.2, 0.25) is 0 Å². The number of aryl methyl sites for hydroxylation is 1. The van der Waals surface area contributed by atoms with Gasteiger partial charge in [-0.05, 0) is 48.7 Å². The maximum Gasteiger partial charge on any atom is 0.274 e. The van der Waals surface area contributed by atoms with E-state index in [4.69, 9.17) is 0 Å². The second-order valence-electron chi connectivity index (χ2n) is 5.16. The maximum absolute atomic E-state index is 12.2. The van der Waals surface area contributed by atoms with Crippen molar-refractivity contribution in [1.82, 2.24) is 4.98 Å². The molecule has 1 N–H and O–H groups in total. The zero-order chi connectivity index (χ0) is 16.9. The van der Waals surface area contributed by atoms with Crippen molar-refractivity contribution in [2.45, 2.75) is 31.6 Å². The summed E-state index contributed by atoms with van der Waals surface area (Å²) in [4.78, 5) is 16.5. The van der Waals surface area contributed by atoms with Crippen molar-refractivity contribution in [3.05, 3.63) is 53.9 Å². The quantitative estimate of drug-likeness (QED) is 0.882. The van der Waals surface area contributed by atoms with E-state index in [0.29, 0.717) is 29.1 Å². The number of rotatable bonds is 6. The first kappa shape index (κ1) is 17.1. The first-order valence-corrected chi connectivity index (χ1v) is 9.21. The third kappa shape index (κ3) is 4.16. The van der Waals surface area contributed by atoms with Crippen molar-refractivity contribution in [2.75, 3.05) is 11.1 Å². The summed E-state index contributed by atoms with van der Waals surface area (Å²) in [5.74, 6) is -0.194. The van der Waals surface area contributed by atoms with Gasteiger partial charge in [0.25, 0.3) is 5.91 Å². The minimum Gasteiger partial charge on any atom is -0.320 e. The SMILES string of the molecule is CCCS(=O)(=O)c1ccc(NC(=O)c2ccccn2)c(CC)c1. The molecule has 1 aromatic heterocycles. The lowest BCUT2D eigenvalue weighted by atomic mass is 10.1. The third-order valence-corrected chi connectivity index (χ3v) is 5.35. The van der Waals surface area contributed by atoms with E-state index >= 15 is 0 Å². The lowest BCUT2D eigenvalue weighted by Gasteiger charge is -2.12. The number of hydrogen-bond acceptors (Lipinski definition) is 4. The summed E-state index contributed by atoms with van der Waals surface area (Å²) in [5.41, 5.74) is 1.71. The van der Waals surface area contributed by atoms with Crippen molar-refractivity contribution in [1.29, 1.82) is 0 Å². The first-order chi connectivity index (χ1) is 11.0. The number of benzene rings is 1. The number of carbonyl (C=O) groups excluding carboxylic acids is 1. The minimum absolute atomic E-state index is 0.121. The van der Waals surface area contributed by atoms with Crippen molar-refractivity contribution in [2.24, 2.45) is 0 Å². The Morgan fingerprint density at radius 3 is 2.57 bits per heavy atom. The molecule has 1 aromatic carbocycles. The molecule has 0 aliphatic heterocycles. The molecule has 1 amide bonds. The predicted octanol–water partition coefficient (Wildman–Crippen LogP) is 3.08. The number of aromatic nitrogens is 1. The van der Waals surface area contributed by atoms with Crippen molar-refractivity contribution in [3.63, 3.8) is 0 Å². The number of carbonyl (C=O) groups is 1. The Morgan fingerprint density at radius 2 is 1.96 bits per heavy atom. The molecule has 0 fully saturated rings. The highest BCUT2D eigenvalue weighted by molar-refractivity contribution is 7.91. The molecule has 0 saturated heterocycles. The van der Waals surface area contributed by atoms with E-state index in [1.807, 2.05) is 13.8 Å². The summed E-state index contributed by atoms with van der Waals surface area (Å²) in [6.45, 7) is 3.75. The van der Waals surface area contributed by atoms with E-state index < -0.39 is 9.84 Å². The molecule has 0 aliphatic rings. The van der Waals surface area contributed by atoms with Crippen LogP contribution >= 0.6 is 0 Å². The summed E-state index contributed by atoms with van der Waals surface area (Å²) >= 11 is 0.